The SMILES string of the molecule is C[Si](C)(C)C1C=C(CP(C2C3CC4CC(C3)CC2C4)C2C3CC4CC(C3)CC2C4)C(C(P)(c2cnccn2)c2cnccn2)=C1. The van der Waals surface area contributed by atoms with Crippen LogP contribution in [0.25, 0.3) is 0 Å². The van der Waals surface area contributed by atoms with E-state index in [4.69, 9.17) is 9.97 Å². The van der Waals surface area contributed by atoms with Crippen LogP contribution < -0.4 is 0 Å². The summed E-state index contributed by atoms with van der Waals surface area (Å²) in [5.74, 6) is 8.21. The van der Waals surface area contributed by atoms with Crippen LogP contribution in [0.5, 0.6) is 0 Å². The van der Waals surface area contributed by atoms with E-state index in [1.807, 2.05) is 24.8 Å². The molecule has 2 aromatic heterocycles. The summed E-state index contributed by atoms with van der Waals surface area (Å²) in [5, 5.41) is -0.544. The van der Waals surface area contributed by atoms with E-state index in [9.17, 15) is 0 Å². The monoisotopic (exact) mass is 654 g/mol. The second-order valence-electron chi connectivity index (χ2n) is 17.7. The van der Waals surface area contributed by atoms with Crippen molar-refractivity contribution in [2.45, 2.75) is 106 Å². The van der Waals surface area contributed by atoms with E-state index in [1.165, 1.54) is 11.7 Å². The lowest BCUT2D eigenvalue weighted by molar-refractivity contribution is 0.0131. The number of aromatic nitrogens is 4. The van der Waals surface area contributed by atoms with Crippen molar-refractivity contribution < 1.29 is 0 Å². The molecule has 0 saturated heterocycles. The molecule has 9 aliphatic carbocycles. The van der Waals surface area contributed by atoms with Crippen molar-refractivity contribution in [2.75, 3.05) is 6.16 Å². The van der Waals surface area contributed by atoms with E-state index in [-0.39, 0.29) is 7.92 Å². The van der Waals surface area contributed by atoms with Crippen LogP contribution in [0.15, 0.2) is 60.5 Å². The molecule has 2 unspecified atom stereocenters. The zero-order chi connectivity index (χ0) is 30.5. The summed E-state index contributed by atoms with van der Waals surface area (Å²) in [6.07, 6.45) is 33.5. The van der Waals surface area contributed by atoms with Gasteiger partial charge in [0, 0.05) is 24.8 Å². The maximum Gasteiger partial charge on any atom is 0.0963 e. The average molecular weight is 655 g/mol. The lowest BCUT2D eigenvalue weighted by atomic mass is 9.55. The van der Waals surface area contributed by atoms with Crippen molar-refractivity contribution in [1.82, 2.24) is 19.9 Å². The second-order valence-corrected chi connectivity index (χ2v) is 26.5. The van der Waals surface area contributed by atoms with Gasteiger partial charge in [-0.15, -0.1) is 9.24 Å². The molecule has 0 aliphatic heterocycles. The molecule has 9 aliphatic rings. The first-order chi connectivity index (χ1) is 21.7. The number of hydrogen-bond donors (Lipinski definition) is 0. The topological polar surface area (TPSA) is 51.6 Å². The molecule has 2 aromatic rings. The molecule has 0 N–H and O–H groups in total. The zero-order valence-electron chi connectivity index (χ0n) is 27.6. The molecule has 8 saturated carbocycles. The predicted octanol–water partition coefficient (Wildman–Crippen LogP) is 9.09. The molecule has 11 rings (SSSR count). The molecular formula is C38H52N4P2Si. The first-order valence-electron chi connectivity index (χ1n) is 18.2. The van der Waals surface area contributed by atoms with Gasteiger partial charge in [-0.25, -0.2) is 0 Å². The van der Waals surface area contributed by atoms with Gasteiger partial charge in [-0.1, -0.05) is 39.7 Å². The maximum atomic E-state index is 4.97. The van der Waals surface area contributed by atoms with Crippen LogP contribution in [0.4, 0.5) is 0 Å². The van der Waals surface area contributed by atoms with Gasteiger partial charge in [0.1, 0.15) is 0 Å². The minimum absolute atomic E-state index is 0.113. The van der Waals surface area contributed by atoms with Crippen LogP contribution in [-0.4, -0.2) is 45.5 Å². The average Bonchev–Trinajstić information content (AvgIpc) is 3.46. The van der Waals surface area contributed by atoms with Gasteiger partial charge in [-0.2, -0.15) is 0 Å². The Morgan fingerprint density at radius 3 is 1.49 bits per heavy atom. The first-order valence-corrected chi connectivity index (χ1v) is 24.1. The molecule has 8 bridgehead atoms. The molecule has 238 valence electrons. The first kappa shape index (κ1) is 29.8. The van der Waals surface area contributed by atoms with Gasteiger partial charge in [0.05, 0.1) is 37.0 Å². The van der Waals surface area contributed by atoms with Gasteiger partial charge >= 0.3 is 0 Å². The third kappa shape index (κ3) is 5.02. The Hall–Kier alpha value is -1.28. The summed E-state index contributed by atoms with van der Waals surface area (Å²) in [6.45, 7) is 7.66. The van der Waals surface area contributed by atoms with Gasteiger partial charge < -0.3 is 0 Å². The third-order valence-electron chi connectivity index (χ3n) is 13.9. The maximum absolute atomic E-state index is 4.97. The van der Waals surface area contributed by atoms with Crippen LogP contribution in [0, 0.1) is 47.3 Å². The molecule has 0 spiro atoms. The van der Waals surface area contributed by atoms with Gasteiger partial charge in [-0.05, 0) is 146 Å². The predicted molar refractivity (Wildman–Crippen MR) is 191 cm³/mol. The molecule has 45 heavy (non-hydrogen) atoms. The molecular weight excluding hydrogens is 602 g/mol. The summed E-state index contributed by atoms with van der Waals surface area (Å²) in [5.41, 5.74) is 7.55. The molecule has 2 heterocycles. The van der Waals surface area contributed by atoms with E-state index in [0.29, 0.717) is 5.54 Å². The van der Waals surface area contributed by atoms with E-state index >= 15 is 0 Å². The van der Waals surface area contributed by atoms with Crippen molar-refractivity contribution in [3.8, 4) is 0 Å². The minimum atomic E-state index is -1.50. The van der Waals surface area contributed by atoms with Crippen molar-refractivity contribution >= 4 is 25.2 Å². The summed E-state index contributed by atoms with van der Waals surface area (Å²) in [4.78, 5) is 19.1. The van der Waals surface area contributed by atoms with Gasteiger partial charge in [-0.3, -0.25) is 19.9 Å². The number of rotatable bonds is 8. The van der Waals surface area contributed by atoms with Crippen molar-refractivity contribution in [2.24, 2.45) is 47.3 Å². The summed E-state index contributed by atoms with van der Waals surface area (Å²) < 4.78 is 0. The lowest BCUT2D eigenvalue weighted by Gasteiger charge is -2.62. The fraction of sp³-hybridized carbons (Fsp3) is 0.684. The van der Waals surface area contributed by atoms with Crippen molar-refractivity contribution in [3.63, 3.8) is 0 Å². The van der Waals surface area contributed by atoms with E-state index in [1.54, 1.807) is 82.2 Å². The quantitative estimate of drug-likeness (QED) is 0.211. The summed E-state index contributed by atoms with van der Waals surface area (Å²) in [7, 11) is 1.66. The summed E-state index contributed by atoms with van der Waals surface area (Å²) in [6, 6.07) is 0. The highest BCUT2D eigenvalue weighted by atomic mass is 31.1. The number of allylic oxidation sites excluding steroid dienone is 4. The van der Waals surface area contributed by atoms with Crippen molar-refractivity contribution in [3.05, 3.63) is 71.9 Å². The molecule has 0 amide bonds. The Balaban J connectivity index is 1.15. The highest BCUT2D eigenvalue weighted by molar-refractivity contribution is 7.59. The van der Waals surface area contributed by atoms with E-state index in [0.717, 1.165) is 70.0 Å². The van der Waals surface area contributed by atoms with Crippen LogP contribution >= 0.6 is 17.2 Å². The van der Waals surface area contributed by atoms with Gasteiger partial charge in [0.25, 0.3) is 0 Å². The normalized spacial score (nSPS) is 40.5. The number of hydrogen-bond acceptors (Lipinski definition) is 4. The smallest absolute Gasteiger partial charge is 0.0963 e. The van der Waals surface area contributed by atoms with Crippen LogP contribution in [-0.2, 0) is 5.16 Å². The van der Waals surface area contributed by atoms with Crippen LogP contribution in [0.3, 0.4) is 0 Å². The van der Waals surface area contributed by atoms with Crippen LogP contribution in [0.1, 0.15) is 75.6 Å². The van der Waals surface area contributed by atoms with Crippen LogP contribution in [0.2, 0.25) is 25.2 Å². The highest BCUT2D eigenvalue weighted by Crippen LogP contribution is 2.72. The largest absolute Gasteiger partial charge is 0.261 e. The third-order valence-corrected chi connectivity index (χ3v) is 21.1. The Morgan fingerprint density at radius 2 is 1.11 bits per heavy atom. The molecule has 0 aromatic carbocycles. The molecule has 2 atom stereocenters. The fourth-order valence-electron chi connectivity index (χ4n) is 12.6. The number of nitrogens with zero attached hydrogens (tertiary/aromatic N) is 4. The Kier molecular flexibility index (Phi) is 7.38. The highest BCUT2D eigenvalue weighted by Gasteiger charge is 2.57. The molecule has 8 fully saturated rings. The molecule has 7 heteroatoms. The van der Waals surface area contributed by atoms with E-state index < -0.39 is 13.2 Å². The standard InChI is InChI=1S/C38H52N4P2Si/c1-45(2,3)32-18-31(33(19-32)38(43,34-20-39-4-6-41-34)35-21-40-5-7-42-35)22-44(36-27-10-23-8-24(12-27)13-28(36)11-23)37-29-14-25-9-26(16-29)17-30(37)15-25/h4-7,18-21,23-30,32,36-37H,8-17,22,43H2,1-3H3. The van der Waals surface area contributed by atoms with Gasteiger partial charge in [0.15, 0.2) is 0 Å². The molecule has 4 nitrogen and oxygen atoms in total. The Bertz CT molecular complexity index is 1350. The van der Waals surface area contributed by atoms with Gasteiger partial charge in [0.2, 0.25) is 0 Å². The second kappa shape index (κ2) is 11.1. The minimum Gasteiger partial charge on any atom is -0.261 e. The van der Waals surface area contributed by atoms with Crippen molar-refractivity contribution in [1.29, 1.82) is 0 Å². The van der Waals surface area contributed by atoms with E-state index in [2.05, 4.69) is 51.0 Å². The zero-order valence-corrected chi connectivity index (χ0v) is 30.6. The molecule has 0 radical (unpaired) electrons. The fourth-order valence-corrected chi connectivity index (χ4v) is 19.1. The Morgan fingerprint density at radius 1 is 0.667 bits per heavy atom. The Labute approximate surface area is 275 Å². The summed E-state index contributed by atoms with van der Waals surface area (Å²) >= 11 is 0. The lowest BCUT2D eigenvalue weighted by Crippen LogP contribution is -2.53.